The summed E-state index contributed by atoms with van der Waals surface area (Å²) in [6, 6.07) is 25.9. The van der Waals surface area contributed by atoms with Gasteiger partial charge in [0.1, 0.15) is 6.04 Å². The number of benzene rings is 3. The molecular weight excluding hydrogens is 420 g/mol. The number of amides is 2. The summed E-state index contributed by atoms with van der Waals surface area (Å²) in [5.41, 5.74) is 5.63. The maximum atomic E-state index is 13.6. The van der Waals surface area contributed by atoms with Crippen LogP contribution in [0.5, 0.6) is 0 Å². The van der Waals surface area contributed by atoms with E-state index in [0.717, 1.165) is 28.7 Å². The minimum Gasteiger partial charge on any atom is -0.355 e. The van der Waals surface area contributed by atoms with Crippen molar-refractivity contribution in [1.29, 1.82) is 0 Å². The zero-order valence-corrected chi connectivity index (χ0v) is 20.6. The van der Waals surface area contributed by atoms with Gasteiger partial charge < -0.3 is 10.2 Å². The standard InChI is InChI=1S/C30H36N2O2/c1-4-24-14-16-25(17-15-24)18-19-29(33)32(22-27-13-9-10-23(3)20-27)28(30(34)31-5-2)21-26-11-7-6-8-12-26/h6-17,20,28H,4-5,18-19,21-22H2,1-3H3,(H,31,34)/t28-/m1/s1. The summed E-state index contributed by atoms with van der Waals surface area (Å²) in [6.07, 6.45) is 2.50. The largest absolute Gasteiger partial charge is 0.355 e. The van der Waals surface area contributed by atoms with Gasteiger partial charge >= 0.3 is 0 Å². The summed E-state index contributed by atoms with van der Waals surface area (Å²) in [5, 5.41) is 2.95. The molecule has 3 rings (SSSR count). The molecule has 2 amide bonds. The molecule has 0 unspecified atom stereocenters. The van der Waals surface area contributed by atoms with Crippen LogP contribution in [0.1, 0.15) is 48.1 Å². The Kier molecular flexibility index (Phi) is 9.45. The molecule has 0 aliphatic rings. The van der Waals surface area contributed by atoms with Gasteiger partial charge in [-0.15, -0.1) is 0 Å². The lowest BCUT2D eigenvalue weighted by Crippen LogP contribution is -2.50. The van der Waals surface area contributed by atoms with E-state index in [1.54, 1.807) is 4.90 Å². The Morgan fingerprint density at radius 1 is 0.824 bits per heavy atom. The Balaban J connectivity index is 1.86. The second kappa shape index (κ2) is 12.7. The number of rotatable bonds is 11. The molecule has 0 saturated heterocycles. The van der Waals surface area contributed by atoms with E-state index >= 15 is 0 Å². The van der Waals surface area contributed by atoms with Gasteiger partial charge in [-0.1, -0.05) is 91.3 Å². The van der Waals surface area contributed by atoms with Crippen LogP contribution in [0.2, 0.25) is 0 Å². The first-order valence-electron chi connectivity index (χ1n) is 12.2. The van der Waals surface area contributed by atoms with Crippen LogP contribution in [0, 0.1) is 6.92 Å². The maximum Gasteiger partial charge on any atom is 0.243 e. The lowest BCUT2D eigenvalue weighted by molar-refractivity contribution is -0.141. The number of nitrogens with one attached hydrogen (secondary N) is 1. The predicted octanol–water partition coefficient (Wildman–Crippen LogP) is 5.27. The van der Waals surface area contributed by atoms with Gasteiger partial charge in [0.25, 0.3) is 0 Å². The molecule has 0 heterocycles. The van der Waals surface area contributed by atoms with Crippen LogP contribution in [0.3, 0.4) is 0 Å². The van der Waals surface area contributed by atoms with Gasteiger partial charge in [-0.3, -0.25) is 9.59 Å². The number of carbonyl (C=O) groups excluding carboxylic acids is 2. The fourth-order valence-corrected chi connectivity index (χ4v) is 4.19. The van der Waals surface area contributed by atoms with Gasteiger partial charge in [-0.05, 0) is 48.9 Å². The van der Waals surface area contributed by atoms with E-state index in [4.69, 9.17) is 0 Å². The third kappa shape index (κ3) is 7.31. The van der Waals surface area contributed by atoms with Crippen molar-refractivity contribution in [2.75, 3.05) is 6.54 Å². The van der Waals surface area contributed by atoms with Crippen LogP contribution >= 0.6 is 0 Å². The van der Waals surface area contributed by atoms with Crippen LogP contribution in [0.15, 0.2) is 78.9 Å². The predicted molar refractivity (Wildman–Crippen MR) is 138 cm³/mol. The first-order chi connectivity index (χ1) is 16.5. The van der Waals surface area contributed by atoms with Crippen LogP contribution in [-0.2, 0) is 35.4 Å². The molecule has 34 heavy (non-hydrogen) atoms. The van der Waals surface area contributed by atoms with Crippen molar-refractivity contribution < 1.29 is 9.59 Å². The zero-order chi connectivity index (χ0) is 24.3. The fourth-order valence-electron chi connectivity index (χ4n) is 4.19. The number of carbonyl (C=O) groups is 2. The Hall–Kier alpha value is -3.40. The third-order valence-electron chi connectivity index (χ3n) is 6.12. The first-order valence-corrected chi connectivity index (χ1v) is 12.2. The monoisotopic (exact) mass is 456 g/mol. The average molecular weight is 457 g/mol. The zero-order valence-electron chi connectivity index (χ0n) is 20.6. The molecule has 0 radical (unpaired) electrons. The topological polar surface area (TPSA) is 49.4 Å². The van der Waals surface area contributed by atoms with Crippen molar-refractivity contribution >= 4 is 11.8 Å². The van der Waals surface area contributed by atoms with Crippen LogP contribution in [0.25, 0.3) is 0 Å². The molecule has 4 nitrogen and oxygen atoms in total. The van der Waals surface area contributed by atoms with Crippen molar-refractivity contribution in [3.8, 4) is 0 Å². The van der Waals surface area contributed by atoms with Gasteiger partial charge in [0, 0.05) is 25.9 Å². The molecule has 0 fully saturated rings. The normalized spacial score (nSPS) is 11.6. The quantitative estimate of drug-likeness (QED) is 0.428. The maximum absolute atomic E-state index is 13.6. The minimum atomic E-state index is -0.571. The molecule has 3 aromatic rings. The Labute approximate surface area is 204 Å². The highest BCUT2D eigenvalue weighted by molar-refractivity contribution is 5.88. The van der Waals surface area contributed by atoms with Crippen molar-refractivity contribution in [1.82, 2.24) is 10.2 Å². The summed E-state index contributed by atoms with van der Waals surface area (Å²) < 4.78 is 0. The van der Waals surface area contributed by atoms with Gasteiger partial charge in [-0.2, -0.15) is 0 Å². The molecule has 1 N–H and O–H groups in total. The Morgan fingerprint density at radius 2 is 1.50 bits per heavy atom. The molecular formula is C30H36N2O2. The molecule has 0 aliphatic carbocycles. The highest BCUT2D eigenvalue weighted by Gasteiger charge is 2.29. The van der Waals surface area contributed by atoms with Crippen molar-refractivity contribution in [2.24, 2.45) is 0 Å². The lowest BCUT2D eigenvalue weighted by atomic mass is 10.0. The van der Waals surface area contributed by atoms with Crippen LogP contribution in [-0.4, -0.2) is 29.3 Å². The van der Waals surface area contributed by atoms with Crippen LogP contribution in [0.4, 0.5) is 0 Å². The van der Waals surface area contributed by atoms with Gasteiger partial charge in [0.2, 0.25) is 11.8 Å². The van der Waals surface area contributed by atoms with E-state index in [0.29, 0.717) is 32.4 Å². The smallest absolute Gasteiger partial charge is 0.243 e. The number of likely N-dealkylation sites (N-methyl/N-ethyl adjacent to an activating group) is 1. The number of hydrogen-bond acceptors (Lipinski definition) is 2. The van der Waals surface area contributed by atoms with E-state index in [2.05, 4.69) is 42.6 Å². The summed E-state index contributed by atoms with van der Waals surface area (Å²) in [7, 11) is 0. The van der Waals surface area contributed by atoms with E-state index in [9.17, 15) is 9.59 Å². The van der Waals surface area contributed by atoms with E-state index in [1.165, 1.54) is 5.56 Å². The highest BCUT2D eigenvalue weighted by Crippen LogP contribution is 2.18. The lowest BCUT2D eigenvalue weighted by Gasteiger charge is -2.31. The molecule has 0 bridgehead atoms. The average Bonchev–Trinajstić information content (AvgIpc) is 2.85. The molecule has 0 aromatic heterocycles. The van der Waals surface area contributed by atoms with Gasteiger partial charge in [0.15, 0.2) is 0 Å². The Bertz CT molecular complexity index is 1060. The van der Waals surface area contributed by atoms with Crippen LogP contribution < -0.4 is 5.32 Å². The Morgan fingerprint density at radius 3 is 2.15 bits per heavy atom. The van der Waals surface area contributed by atoms with Gasteiger partial charge in [-0.25, -0.2) is 0 Å². The van der Waals surface area contributed by atoms with Crippen molar-refractivity contribution in [2.45, 2.75) is 59.0 Å². The van der Waals surface area contributed by atoms with Crippen molar-refractivity contribution in [3.63, 3.8) is 0 Å². The summed E-state index contributed by atoms with van der Waals surface area (Å²) >= 11 is 0. The highest BCUT2D eigenvalue weighted by atomic mass is 16.2. The van der Waals surface area contributed by atoms with Gasteiger partial charge in [0.05, 0.1) is 0 Å². The molecule has 4 heteroatoms. The summed E-state index contributed by atoms with van der Waals surface area (Å²) in [6.45, 7) is 7.02. The molecule has 178 valence electrons. The minimum absolute atomic E-state index is 0.00624. The molecule has 3 aromatic carbocycles. The molecule has 1 atom stereocenters. The molecule has 0 spiro atoms. The summed E-state index contributed by atoms with van der Waals surface area (Å²) in [4.78, 5) is 28.6. The van der Waals surface area contributed by atoms with E-state index < -0.39 is 6.04 Å². The fraction of sp³-hybridized carbons (Fsp3) is 0.333. The second-order valence-electron chi connectivity index (χ2n) is 8.78. The number of aryl methyl sites for hydroxylation is 3. The number of hydrogen-bond donors (Lipinski definition) is 1. The summed E-state index contributed by atoms with van der Waals surface area (Å²) in [5.74, 6) is -0.118. The number of nitrogens with zero attached hydrogens (tertiary/aromatic N) is 1. The third-order valence-corrected chi connectivity index (χ3v) is 6.12. The molecule has 0 aliphatic heterocycles. The van der Waals surface area contributed by atoms with E-state index in [-0.39, 0.29) is 11.8 Å². The second-order valence-corrected chi connectivity index (χ2v) is 8.78. The van der Waals surface area contributed by atoms with Crippen molar-refractivity contribution in [3.05, 3.63) is 107 Å². The first kappa shape index (κ1) is 25.2. The SMILES string of the molecule is CCNC(=O)[C@@H](Cc1ccccc1)N(Cc1cccc(C)c1)C(=O)CCc1ccc(CC)cc1. The molecule has 0 saturated carbocycles. The van der Waals surface area contributed by atoms with E-state index in [1.807, 2.05) is 62.4 Å².